The third-order valence-corrected chi connectivity index (χ3v) is 6.74. The van der Waals surface area contributed by atoms with Gasteiger partial charge in [-0.05, 0) is 56.5 Å². The summed E-state index contributed by atoms with van der Waals surface area (Å²) in [5, 5.41) is 12.4. The number of fused-ring (bicyclic) bond motifs is 1. The first kappa shape index (κ1) is 21.1. The summed E-state index contributed by atoms with van der Waals surface area (Å²) in [5.41, 5.74) is 3.17. The first-order chi connectivity index (χ1) is 14.4. The summed E-state index contributed by atoms with van der Waals surface area (Å²) in [5.74, 6) is 2.20. The first-order valence-electron chi connectivity index (χ1n) is 10.4. The summed E-state index contributed by atoms with van der Waals surface area (Å²) < 4.78 is 7.47. The summed E-state index contributed by atoms with van der Waals surface area (Å²) in [6, 6.07) is 5.69. The van der Waals surface area contributed by atoms with Crippen molar-refractivity contribution in [3.8, 4) is 5.88 Å². The van der Waals surface area contributed by atoms with Crippen molar-refractivity contribution in [3.63, 3.8) is 0 Å². The predicted molar refractivity (Wildman–Crippen MR) is 119 cm³/mol. The van der Waals surface area contributed by atoms with Crippen LogP contribution in [0.1, 0.15) is 48.5 Å². The second-order valence-electron chi connectivity index (χ2n) is 8.34. The Morgan fingerprint density at radius 3 is 2.67 bits per heavy atom. The molecule has 1 fully saturated rings. The lowest BCUT2D eigenvalue weighted by Crippen LogP contribution is -2.32. The van der Waals surface area contributed by atoms with E-state index in [1.807, 2.05) is 36.7 Å². The Morgan fingerprint density at radius 1 is 1.30 bits per heavy atom. The van der Waals surface area contributed by atoms with Crippen molar-refractivity contribution < 1.29 is 9.84 Å². The molecular weight excluding hydrogens is 400 g/mol. The number of hydrogen-bond acceptors (Lipinski definition) is 5. The molecule has 7 heteroatoms. The third-order valence-electron chi connectivity index (χ3n) is 6.31. The molecule has 0 saturated carbocycles. The average molecular weight is 429 g/mol. The zero-order chi connectivity index (χ0) is 21.4. The van der Waals surface area contributed by atoms with E-state index in [1.165, 1.54) is 12.8 Å². The lowest BCUT2D eigenvalue weighted by Gasteiger charge is -2.30. The summed E-state index contributed by atoms with van der Waals surface area (Å²) >= 11 is 6.89. The number of likely N-dealkylation sites (tertiary alicyclic amines) is 1. The Labute approximate surface area is 182 Å². The van der Waals surface area contributed by atoms with Gasteiger partial charge in [-0.1, -0.05) is 24.6 Å². The minimum Gasteiger partial charge on any atom is -0.481 e. The van der Waals surface area contributed by atoms with Gasteiger partial charge in [-0.3, -0.25) is 4.90 Å². The van der Waals surface area contributed by atoms with Gasteiger partial charge in [0.1, 0.15) is 11.9 Å². The van der Waals surface area contributed by atoms with Crippen LogP contribution in [0, 0.1) is 12.8 Å². The Balaban J connectivity index is 1.72. The first-order valence-corrected chi connectivity index (χ1v) is 10.8. The molecule has 0 bridgehead atoms. The topological polar surface area (TPSA) is 63.4 Å². The fraction of sp³-hybridized carbons (Fsp3) is 0.478. The number of aliphatic hydroxyl groups is 1. The highest BCUT2D eigenvalue weighted by atomic mass is 35.5. The Bertz CT molecular complexity index is 1060. The molecule has 1 N–H and O–H groups in total. The maximum atomic E-state index is 10.9. The number of piperidine rings is 1. The number of methoxy groups -OCH3 is 1. The molecule has 4 rings (SSSR count). The normalized spacial score (nSPS) is 16.9. The molecule has 1 aliphatic heterocycles. The molecule has 0 radical (unpaired) electrons. The molecule has 1 aromatic carbocycles. The third kappa shape index (κ3) is 3.92. The lowest BCUT2D eigenvalue weighted by atomic mass is 9.98. The van der Waals surface area contributed by atoms with Gasteiger partial charge >= 0.3 is 0 Å². The van der Waals surface area contributed by atoms with Crippen molar-refractivity contribution in [1.82, 2.24) is 19.4 Å². The number of benzene rings is 1. The smallest absolute Gasteiger partial charge is 0.219 e. The number of aliphatic hydroxyl groups excluding tert-OH is 1. The van der Waals surface area contributed by atoms with Crippen LogP contribution in [0.4, 0.5) is 0 Å². The molecule has 6 nitrogen and oxygen atoms in total. The largest absolute Gasteiger partial charge is 0.481 e. The zero-order valence-corrected chi connectivity index (χ0v) is 18.8. The molecule has 30 heavy (non-hydrogen) atoms. The van der Waals surface area contributed by atoms with Gasteiger partial charge in [0, 0.05) is 24.5 Å². The molecular formula is C23H29ClN4O2. The molecule has 1 unspecified atom stereocenters. The number of hydrogen-bond donors (Lipinski definition) is 1. The Hall–Kier alpha value is -2.15. The number of aryl methyl sites for hydroxylation is 1. The molecule has 3 heterocycles. The van der Waals surface area contributed by atoms with Gasteiger partial charge in [-0.2, -0.15) is 0 Å². The van der Waals surface area contributed by atoms with Crippen molar-refractivity contribution in [2.75, 3.05) is 20.2 Å². The van der Waals surface area contributed by atoms with Crippen LogP contribution in [0.3, 0.4) is 0 Å². The molecule has 160 valence electrons. The number of nitrogens with zero attached hydrogens (tertiary/aromatic N) is 4. The second kappa shape index (κ2) is 8.53. The van der Waals surface area contributed by atoms with Gasteiger partial charge in [0.05, 0.1) is 29.5 Å². The van der Waals surface area contributed by atoms with Crippen LogP contribution in [-0.2, 0) is 13.6 Å². The van der Waals surface area contributed by atoms with E-state index >= 15 is 0 Å². The van der Waals surface area contributed by atoms with Crippen molar-refractivity contribution in [2.45, 2.75) is 39.3 Å². The lowest BCUT2D eigenvalue weighted by molar-refractivity contribution is 0.183. The number of rotatable bonds is 5. The van der Waals surface area contributed by atoms with Crippen LogP contribution in [-0.4, -0.2) is 44.7 Å². The number of halogens is 1. The maximum Gasteiger partial charge on any atom is 0.219 e. The van der Waals surface area contributed by atoms with Gasteiger partial charge in [0.25, 0.3) is 0 Å². The number of pyridine rings is 1. The molecule has 1 atom stereocenters. The van der Waals surface area contributed by atoms with Crippen molar-refractivity contribution in [2.24, 2.45) is 13.0 Å². The van der Waals surface area contributed by atoms with E-state index in [9.17, 15) is 5.11 Å². The monoisotopic (exact) mass is 428 g/mol. The summed E-state index contributed by atoms with van der Waals surface area (Å²) in [7, 11) is 3.54. The van der Waals surface area contributed by atoms with Crippen molar-refractivity contribution >= 4 is 22.5 Å². The zero-order valence-electron chi connectivity index (χ0n) is 18.0. The van der Waals surface area contributed by atoms with E-state index < -0.39 is 6.10 Å². The van der Waals surface area contributed by atoms with Crippen LogP contribution in [0.15, 0.2) is 24.4 Å². The van der Waals surface area contributed by atoms with E-state index in [-0.39, 0.29) is 0 Å². The number of aromatic nitrogens is 3. The van der Waals surface area contributed by atoms with E-state index in [2.05, 4.69) is 16.8 Å². The minimum absolute atomic E-state index is 0.571. The van der Waals surface area contributed by atoms with E-state index in [4.69, 9.17) is 21.3 Å². The number of ether oxygens (including phenoxy) is 1. The molecule has 2 aromatic heterocycles. The summed E-state index contributed by atoms with van der Waals surface area (Å²) in [6.45, 7) is 7.04. The number of imidazole rings is 1. The molecule has 1 saturated heterocycles. The van der Waals surface area contributed by atoms with Crippen LogP contribution in [0.25, 0.3) is 10.9 Å². The molecule has 3 aromatic rings. The maximum absolute atomic E-state index is 10.9. The minimum atomic E-state index is -0.786. The van der Waals surface area contributed by atoms with Gasteiger partial charge in [-0.25, -0.2) is 9.97 Å². The van der Waals surface area contributed by atoms with E-state index in [0.29, 0.717) is 17.4 Å². The second-order valence-corrected chi connectivity index (χ2v) is 8.72. The van der Waals surface area contributed by atoms with E-state index in [0.717, 1.165) is 52.6 Å². The standard InChI is InChI=1S/C23H29ClN4O2/c1-14-7-9-28(10-8-14)13-18-21(24)17-11-16(5-6-19(17)26-23(18)30-4)22(29)20-12-25-15(2)27(20)3/h5-6,11-12,14,22,29H,7-10,13H2,1-4H3. The Kier molecular flexibility index (Phi) is 6.00. The molecule has 0 aliphatic carbocycles. The summed E-state index contributed by atoms with van der Waals surface area (Å²) in [4.78, 5) is 11.4. The predicted octanol–water partition coefficient (Wildman–Crippen LogP) is 4.25. The highest BCUT2D eigenvalue weighted by Gasteiger charge is 2.22. The SMILES string of the molecule is COc1nc2ccc(C(O)c3cnc(C)n3C)cc2c(Cl)c1CN1CCC(C)CC1. The fourth-order valence-electron chi connectivity index (χ4n) is 4.12. The van der Waals surface area contributed by atoms with Gasteiger partial charge < -0.3 is 14.4 Å². The van der Waals surface area contributed by atoms with Crippen LogP contribution >= 0.6 is 11.6 Å². The van der Waals surface area contributed by atoms with Gasteiger partial charge in [0.2, 0.25) is 5.88 Å². The average Bonchev–Trinajstić information content (AvgIpc) is 3.09. The van der Waals surface area contributed by atoms with Crippen LogP contribution < -0.4 is 4.74 Å². The Morgan fingerprint density at radius 2 is 2.03 bits per heavy atom. The van der Waals surface area contributed by atoms with E-state index in [1.54, 1.807) is 13.3 Å². The molecule has 0 spiro atoms. The molecule has 1 aliphatic rings. The van der Waals surface area contributed by atoms with Crippen molar-refractivity contribution in [3.05, 3.63) is 52.1 Å². The van der Waals surface area contributed by atoms with Crippen LogP contribution in [0.2, 0.25) is 5.02 Å². The fourth-order valence-corrected chi connectivity index (χ4v) is 4.42. The summed E-state index contributed by atoms with van der Waals surface area (Å²) in [6.07, 6.45) is 3.31. The quantitative estimate of drug-likeness (QED) is 0.658. The highest BCUT2D eigenvalue weighted by Crippen LogP contribution is 2.36. The van der Waals surface area contributed by atoms with Crippen LogP contribution in [0.5, 0.6) is 5.88 Å². The van der Waals surface area contributed by atoms with Gasteiger partial charge in [0.15, 0.2) is 0 Å². The van der Waals surface area contributed by atoms with Crippen molar-refractivity contribution in [1.29, 1.82) is 0 Å². The van der Waals surface area contributed by atoms with Gasteiger partial charge in [-0.15, -0.1) is 0 Å². The molecule has 0 amide bonds. The highest BCUT2D eigenvalue weighted by molar-refractivity contribution is 6.36.